The third kappa shape index (κ3) is 2.76. The van der Waals surface area contributed by atoms with Crippen LogP contribution in [-0.2, 0) is 19.1 Å². The molecule has 0 amide bonds. The molecule has 4 atom stereocenters. The molecule has 5 heteroatoms. The average Bonchev–Trinajstić information content (AvgIpc) is 2.42. The summed E-state index contributed by atoms with van der Waals surface area (Å²) in [6.07, 6.45) is 0.856. The molecule has 0 aromatic carbocycles. The quantitative estimate of drug-likeness (QED) is 0.682. The van der Waals surface area contributed by atoms with Gasteiger partial charge in [-0.25, -0.2) is 0 Å². The number of ether oxygens (including phenoxy) is 2. The van der Waals surface area contributed by atoms with Crippen molar-refractivity contribution in [1.29, 1.82) is 0 Å². The van der Waals surface area contributed by atoms with Crippen LogP contribution in [0.2, 0.25) is 0 Å². The normalized spacial score (nSPS) is 29.8. The lowest BCUT2D eigenvalue weighted by Gasteiger charge is -2.53. The molecule has 0 spiro atoms. The van der Waals surface area contributed by atoms with Crippen molar-refractivity contribution in [3.8, 4) is 0 Å². The first-order valence-electron chi connectivity index (χ1n) is 6.96. The minimum atomic E-state index is -0.401. The van der Waals surface area contributed by atoms with E-state index in [0.29, 0.717) is 0 Å². The van der Waals surface area contributed by atoms with Gasteiger partial charge in [0.1, 0.15) is 0 Å². The largest absolute Gasteiger partial charge is 0.469 e. The molecule has 1 fully saturated rings. The SMILES string of the molecule is CC[C@H]1[C@@H](C(=O)OC)[C@H](C(=O)OC)[C@H]1N(CC)CC. The Balaban J connectivity index is 3.00. The molecule has 0 aliphatic heterocycles. The standard InChI is InChI=1S/C14H25NO4/c1-6-9-10(13(16)18-4)11(14(17)19-5)12(9)15(7-2)8-3/h9-12H,6-8H2,1-5H3/t9-,10+,11-,12-/m0/s1. The summed E-state index contributed by atoms with van der Waals surface area (Å²) < 4.78 is 9.71. The summed E-state index contributed by atoms with van der Waals surface area (Å²) in [7, 11) is 2.74. The zero-order valence-electron chi connectivity index (χ0n) is 12.5. The molecule has 0 heterocycles. The van der Waals surface area contributed by atoms with Gasteiger partial charge in [-0.05, 0) is 19.0 Å². The van der Waals surface area contributed by atoms with Gasteiger partial charge in [0.25, 0.3) is 0 Å². The first kappa shape index (κ1) is 16.0. The Hall–Kier alpha value is -1.10. The lowest BCUT2D eigenvalue weighted by atomic mass is 9.58. The minimum absolute atomic E-state index is 0.0801. The van der Waals surface area contributed by atoms with Crippen molar-refractivity contribution >= 4 is 11.9 Å². The highest BCUT2D eigenvalue weighted by molar-refractivity contribution is 5.85. The third-order valence-electron chi connectivity index (χ3n) is 4.31. The van der Waals surface area contributed by atoms with E-state index in [2.05, 4.69) is 18.7 Å². The van der Waals surface area contributed by atoms with E-state index in [1.165, 1.54) is 14.2 Å². The Morgan fingerprint density at radius 2 is 1.42 bits per heavy atom. The van der Waals surface area contributed by atoms with Gasteiger partial charge < -0.3 is 9.47 Å². The van der Waals surface area contributed by atoms with Crippen LogP contribution < -0.4 is 0 Å². The molecule has 0 saturated heterocycles. The Bertz CT molecular complexity index is 327. The predicted octanol–water partition coefficient (Wildman–Crippen LogP) is 1.31. The minimum Gasteiger partial charge on any atom is -0.469 e. The zero-order valence-corrected chi connectivity index (χ0v) is 12.5. The van der Waals surface area contributed by atoms with Gasteiger partial charge in [0, 0.05) is 6.04 Å². The highest BCUT2D eigenvalue weighted by atomic mass is 16.5. The molecular weight excluding hydrogens is 246 g/mol. The summed E-state index contributed by atoms with van der Waals surface area (Å²) in [4.78, 5) is 26.1. The number of esters is 2. The number of methoxy groups -OCH3 is 2. The smallest absolute Gasteiger partial charge is 0.311 e. The fourth-order valence-electron chi connectivity index (χ4n) is 3.33. The van der Waals surface area contributed by atoms with E-state index >= 15 is 0 Å². The molecule has 1 saturated carbocycles. The number of carbonyl (C=O) groups is 2. The van der Waals surface area contributed by atoms with Crippen molar-refractivity contribution in [2.24, 2.45) is 17.8 Å². The molecule has 5 nitrogen and oxygen atoms in total. The van der Waals surface area contributed by atoms with Crippen LogP contribution in [0.25, 0.3) is 0 Å². The van der Waals surface area contributed by atoms with Gasteiger partial charge in [0.15, 0.2) is 0 Å². The number of hydrogen-bond acceptors (Lipinski definition) is 5. The molecule has 1 aliphatic rings. The maximum atomic E-state index is 12.0. The summed E-state index contributed by atoms with van der Waals surface area (Å²) >= 11 is 0. The second kappa shape index (κ2) is 6.89. The number of rotatable bonds is 6. The van der Waals surface area contributed by atoms with Gasteiger partial charge >= 0.3 is 11.9 Å². The Labute approximate surface area is 115 Å². The maximum Gasteiger partial charge on any atom is 0.311 e. The predicted molar refractivity (Wildman–Crippen MR) is 71.5 cm³/mol. The van der Waals surface area contributed by atoms with Crippen molar-refractivity contribution in [3.05, 3.63) is 0 Å². The van der Waals surface area contributed by atoms with E-state index in [1.54, 1.807) is 0 Å². The Morgan fingerprint density at radius 3 is 1.79 bits per heavy atom. The summed E-state index contributed by atoms with van der Waals surface area (Å²) in [5.41, 5.74) is 0. The van der Waals surface area contributed by atoms with Crippen LogP contribution in [0.1, 0.15) is 27.2 Å². The van der Waals surface area contributed by atoms with Crippen LogP contribution in [0, 0.1) is 17.8 Å². The van der Waals surface area contributed by atoms with Crippen molar-refractivity contribution in [2.45, 2.75) is 33.2 Å². The van der Waals surface area contributed by atoms with Crippen molar-refractivity contribution in [3.63, 3.8) is 0 Å². The molecule has 0 aromatic heterocycles. The summed E-state index contributed by atoms with van der Waals surface area (Å²) in [5.74, 6) is -1.21. The van der Waals surface area contributed by atoms with Gasteiger partial charge in [-0.3, -0.25) is 14.5 Å². The second-order valence-electron chi connectivity index (χ2n) is 4.88. The fraction of sp³-hybridized carbons (Fsp3) is 0.857. The van der Waals surface area contributed by atoms with Crippen LogP contribution in [0.4, 0.5) is 0 Å². The molecule has 0 unspecified atom stereocenters. The topological polar surface area (TPSA) is 55.8 Å². The molecule has 1 rings (SSSR count). The van der Waals surface area contributed by atoms with E-state index in [-0.39, 0.29) is 29.8 Å². The molecular formula is C14H25NO4. The van der Waals surface area contributed by atoms with E-state index in [0.717, 1.165) is 19.5 Å². The van der Waals surface area contributed by atoms with E-state index in [1.807, 2.05) is 6.92 Å². The molecule has 0 bridgehead atoms. The van der Waals surface area contributed by atoms with Gasteiger partial charge in [-0.2, -0.15) is 0 Å². The third-order valence-corrected chi connectivity index (χ3v) is 4.31. The van der Waals surface area contributed by atoms with Crippen LogP contribution in [0.5, 0.6) is 0 Å². The Morgan fingerprint density at radius 1 is 0.947 bits per heavy atom. The zero-order chi connectivity index (χ0) is 14.6. The second-order valence-corrected chi connectivity index (χ2v) is 4.88. The van der Waals surface area contributed by atoms with Crippen LogP contribution >= 0.6 is 0 Å². The van der Waals surface area contributed by atoms with Crippen molar-refractivity contribution in [2.75, 3.05) is 27.3 Å². The van der Waals surface area contributed by atoms with Gasteiger partial charge in [0.05, 0.1) is 26.1 Å². The van der Waals surface area contributed by atoms with Crippen molar-refractivity contribution in [1.82, 2.24) is 4.90 Å². The van der Waals surface area contributed by atoms with Crippen molar-refractivity contribution < 1.29 is 19.1 Å². The van der Waals surface area contributed by atoms with E-state index < -0.39 is 5.92 Å². The molecule has 0 N–H and O–H groups in total. The highest BCUT2D eigenvalue weighted by Crippen LogP contribution is 2.47. The molecule has 0 radical (unpaired) electrons. The summed E-state index contributed by atoms with van der Waals surface area (Å²) in [6, 6.07) is 0.0801. The monoisotopic (exact) mass is 271 g/mol. The van der Waals surface area contributed by atoms with E-state index in [4.69, 9.17) is 9.47 Å². The van der Waals surface area contributed by atoms with Gasteiger partial charge in [-0.15, -0.1) is 0 Å². The van der Waals surface area contributed by atoms with Crippen LogP contribution in [-0.4, -0.2) is 50.2 Å². The van der Waals surface area contributed by atoms with E-state index in [9.17, 15) is 9.59 Å². The Kier molecular flexibility index (Phi) is 5.79. The molecule has 0 aromatic rings. The van der Waals surface area contributed by atoms with Crippen LogP contribution in [0.15, 0.2) is 0 Å². The highest BCUT2D eigenvalue weighted by Gasteiger charge is 2.59. The molecule has 110 valence electrons. The number of hydrogen-bond donors (Lipinski definition) is 0. The summed E-state index contributed by atoms with van der Waals surface area (Å²) in [6.45, 7) is 7.90. The van der Waals surface area contributed by atoms with Gasteiger partial charge in [-0.1, -0.05) is 27.2 Å². The maximum absolute atomic E-state index is 12.0. The average molecular weight is 271 g/mol. The molecule has 19 heavy (non-hydrogen) atoms. The number of nitrogens with zero attached hydrogens (tertiary/aromatic N) is 1. The lowest BCUT2D eigenvalue weighted by Crippen LogP contribution is -2.64. The first-order chi connectivity index (χ1) is 9.06. The fourth-order valence-corrected chi connectivity index (χ4v) is 3.33. The number of carbonyl (C=O) groups excluding carboxylic acids is 2. The van der Waals surface area contributed by atoms with Gasteiger partial charge in [0.2, 0.25) is 0 Å². The lowest BCUT2D eigenvalue weighted by molar-refractivity contribution is -0.181. The van der Waals surface area contributed by atoms with Crippen LogP contribution in [0.3, 0.4) is 0 Å². The summed E-state index contributed by atoms with van der Waals surface area (Å²) in [5, 5.41) is 0. The molecule has 1 aliphatic carbocycles. The first-order valence-corrected chi connectivity index (χ1v) is 6.96.